The van der Waals surface area contributed by atoms with Gasteiger partial charge < -0.3 is 20.9 Å². The Hall–Kier alpha value is -2.36. The summed E-state index contributed by atoms with van der Waals surface area (Å²) < 4.78 is 61.2. The highest BCUT2D eigenvalue weighted by Gasteiger charge is 2.28. The Kier molecular flexibility index (Phi) is 8.50. The van der Waals surface area contributed by atoms with E-state index in [0.29, 0.717) is 3.57 Å². The zero-order chi connectivity index (χ0) is 24.1. The SMILES string of the molecule is C=N[C@@](O)(CCOc1cc(F)cc(Nc2ccc(I)cc2F)c1C(N)=O)COS(C)(=O)=O. The maximum absolute atomic E-state index is 14.2. The van der Waals surface area contributed by atoms with Crippen LogP contribution in [-0.2, 0) is 14.3 Å². The summed E-state index contributed by atoms with van der Waals surface area (Å²) in [5, 5.41) is 12.9. The molecule has 0 aliphatic rings. The van der Waals surface area contributed by atoms with Crippen molar-refractivity contribution in [3.63, 3.8) is 0 Å². The lowest BCUT2D eigenvalue weighted by Crippen LogP contribution is -2.35. The number of halogens is 3. The quantitative estimate of drug-likeness (QED) is 0.210. The normalized spacial score (nSPS) is 13.3. The molecule has 2 rings (SSSR count). The minimum Gasteiger partial charge on any atom is -0.492 e. The molecule has 9 nitrogen and oxygen atoms in total. The molecule has 0 aliphatic heterocycles. The highest BCUT2D eigenvalue weighted by Crippen LogP contribution is 2.32. The summed E-state index contributed by atoms with van der Waals surface area (Å²) in [6.07, 6.45) is 0.485. The van der Waals surface area contributed by atoms with Crippen molar-refractivity contribution in [2.24, 2.45) is 10.7 Å². The molecule has 4 N–H and O–H groups in total. The van der Waals surface area contributed by atoms with Gasteiger partial charge in [0.25, 0.3) is 16.0 Å². The number of nitrogens with one attached hydrogen (secondary N) is 1. The zero-order valence-electron chi connectivity index (χ0n) is 16.8. The number of ether oxygens (including phenoxy) is 1. The van der Waals surface area contributed by atoms with Gasteiger partial charge in [-0.25, -0.2) is 8.78 Å². The fraction of sp³-hybridized carbons (Fsp3) is 0.263. The minimum absolute atomic E-state index is 0.0207. The largest absolute Gasteiger partial charge is 0.492 e. The lowest BCUT2D eigenvalue weighted by Gasteiger charge is -2.23. The summed E-state index contributed by atoms with van der Waals surface area (Å²) in [6.45, 7) is 2.12. The third kappa shape index (κ3) is 7.36. The second-order valence-corrected chi connectivity index (χ2v) is 9.53. The summed E-state index contributed by atoms with van der Waals surface area (Å²) in [5.41, 5.74) is 2.99. The van der Waals surface area contributed by atoms with E-state index in [1.165, 1.54) is 12.1 Å². The second kappa shape index (κ2) is 10.5. The molecule has 32 heavy (non-hydrogen) atoms. The van der Waals surface area contributed by atoms with Gasteiger partial charge in [-0.1, -0.05) is 0 Å². The molecule has 0 aliphatic carbocycles. The molecule has 0 radical (unpaired) electrons. The van der Waals surface area contributed by atoms with Crippen LogP contribution in [0.25, 0.3) is 0 Å². The number of hydrogen-bond acceptors (Lipinski definition) is 8. The van der Waals surface area contributed by atoms with Gasteiger partial charge in [0.2, 0.25) is 0 Å². The van der Waals surface area contributed by atoms with Crippen LogP contribution in [0.15, 0.2) is 35.3 Å². The number of anilines is 2. The number of primary amides is 1. The van der Waals surface area contributed by atoms with Crippen molar-refractivity contribution in [3.8, 4) is 5.75 Å². The molecular formula is C19H20F2IN3O6S. The van der Waals surface area contributed by atoms with E-state index in [1.54, 1.807) is 6.07 Å². The predicted molar refractivity (Wildman–Crippen MR) is 123 cm³/mol. The number of carbonyl (C=O) groups excluding carboxylic acids is 1. The first-order chi connectivity index (χ1) is 14.8. The molecule has 1 atom stereocenters. The number of nitrogens with two attached hydrogens (primary N) is 1. The van der Waals surface area contributed by atoms with Crippen LogP contribution in [0.5, 0.6) is 5.75 Å². The van der Waals surface area contributed by atoms with E-state index in [4.69, 9.17) is 10.5 Å². The van der Waals surface area contributed by atoms with Gasteiger partial charge in [0.05, 0.1) is 24.2 Å². The van der Waals surface area contributed by atoms with Crippen molar-refractivity contribution < 1.29 is 36.0 Å². The van der Waals surface area contributed by atoms with Gasteiger partial charge in [0.15, 0.2) is 5.72 Å². The Labute approximate surface area is 196 Å². The van der Waals surface area contributed by atoms with Crippen molar-refractivity contribution in [2.45, 2.75) is 12.1 Å². The van der Waals surface area contributed by atoms with E-state index in [2.05, 4.69) is 21.2 Å². The number of amides is 1. The lowest BCUT2D eigenvalue weighted by atomic mass is 10.1. The maximum Gasteiger partial charge on any atom is 0.264 e. The number of aliphatic imine (C=N–C) groups is 1. The fourth-order valence-corrected chi connectivity index (χ4v) is 3.36. The molecule has 2 aromatic rings. The number of benzene rings is 2. The van der Waals surface area contributed by atoms with Crippen molar-refractivity contribution in [1.29, 1.82) is 0 Å². The molecule has 0 heterocycles. The molecule has 174 valence electrons. The van der Waals surface area contributed by atoms with Gasteiger partial charge in [0.1, 0.15) is 29.6 Å². The number of hydrogen-bond donors (Lipinski definition) is 3. The van der Waals surface area contributed by atoms with Gasteiger partial charge in [0, 0.05) is 16.1 Å². The molecule has 0 unspecified atom stereocenters. The maximum atomic E-state index is 14.2. The van der Waals surface area contributed by atoms with Gasteiger partial charge in [-0.2, -0.15) is 8.42 Å². The van der Waals surface area contributed by atoms with Crippen molar-refractivity contribution in [3.05, 3.63) is 51.1 Å². The van der Waals surface area contributed by atoms with Crippen LogP contribution in [-0.4, -0.2) is 51.3 Å². The van der Waals surface area contributed by atoms with Crippen molar-refractivity contribution >= 4 is 56.7 Å². The summed E-state index contributed by atoms with van der Waals surface area (Å²) in [7, 11) is -3.85. The topological polar surface area (TPSA) is 140 Å². The Bertz CT molecular complexity index is 1130. The lowest BCUT2D eigenvalue weighted by molar-refractivity contribution is -0.0106. The Morgan fingerprint density at radius 3 is 2.56 bits per heavy atom. The first kappa shape index (κ1) is 25.9. The number of nitrogens with zero attached hydrogens (tertiary/aromatic N) is 1. The van der Waals surface area contributed by atoms with Crippen LogP contribution >= 0.6 is 22.6 Å². The molecule has 1 amide bonds. The summed E-state index contributed by atoms with van der Waals surface area (Å²) >= 11 is 1.92. The van der Waals surface area contributed by atoms with E-state index in [9.17, 15) is 27.1 Å². The Morgan fingerprint density at radius 2 is 2.00 bits per heavy atom. The molecule has 0 spiro atoms. The summed E-state index contributed by atoms with van der Waals surface area (Å²) in [4.78, 5) is 15.5. The van der Waals surface area contributed by atoms with Crippen LogP contribution in [0.2, 0.25) is 0 Å². The van der Waals surface area contributed by atoms with E-state index >= 15 is 0 Å². The molecule has 0 aromatic heterocycles. The van der Waals surface area contributed by atoms with Crippen LogP contribution in [0.1, 0.15) is 16.8 Å². The van der Waals surface area contributed by atoms with Crippen LogP contribution in [0.4, 0.5) is 20.2 Å². The van der Waals surface area contributed by atoms with E-state index in [-0.39, 0.29) is 35.7 Å². The molecule has 0 saturated heterocycles. The van der Waals surface area contributed by atoms with Crippen LogP contribution < -0.4 is 15.8 Å². The van der Waals surface area contributed by atoms with Crippen molar-refractivity contribution in [1.82, 2.24) is 0 Å². The third-order valence-corrected chi connectivity index (χ3v) is 5.29. The van der Waals surface area contributed by atoms with Gasteiger partial charge in [-0.3, -0.25) is 14.0 Å². The molecule has 13 heteroatoms. The first-order valence-electron chi connectivity index (χ1n) is 8.86. The van der Waals surface area contributed by atoms with E-state index < -0.39 is 40.0 Å². The Balaban J connectivity index is 2.26. The second-order valence-electron chi connectivity index (χ2n) is 6.65. The molecule has 0 fully saturated rings. The average Bonchev–Trinajstić information content (AvgIpc) is 2.67. The van der Waals surface area contributed by atoms with Crippen molar-refractivity contribution in [2.75, 3.05) is 24.8 Å². The fourth-order valence-electron chi connectivity index (χ4n) is 2.51. The van der Waals surface area contributed by atoms with E-state index in [1.807, 2.05) is 22.6 Å². The van der Waals surface area contributed by atoms with E-state index in [0.717, 1.165) is 18.4 Å². The summed E-state index contributed by atoms with van der Waals surface area (Å²) in [6, 6.07) is 6.10. The molecule has 2 aromatic carbocycles. The zero-order valence-corrected chi connectivity index (χ0v) is 19.7. The number of rotatable bonds is 11. The number of aliphatic hydroxyl groups is 1. The smallest absolute Gasteiger partial charge is 0.264 e. The molecular weight excluding hydrogens is 563 g/mol. The molecule has 0 saturated carbocycles. The highest BCUT2D eigenvalue weighted by atomic mass is 127. The van der Waals surface area contributed by atoms with Crippen LogP contribution in [0.3, 0.4) is 0 Å². The first-order valence-corrected chi connectivity index (χ1v) is 11.8. The molecule has 0 bridgehead atoms. The minimum atomic E-state index is -3.85. The van der Waals surface area contributed by atoms with Crippen LogP contribution in [0, 0.1) is 15.2 Å². The van der Waals surface area contributed by atoms with Gasteiger partial charge in [-0.15, -0.1) is 0 Å². The monoisotopic (exact) mass is 583 g/mol. The predicted octanol–water partition coefficient (Wildman–Crippen LogP) is 2.55. The Morgan fingerprint density at radius 1 is 1.31 bits per heavy atom. The number of carbonyl (C=O) groups is 1. The summed E-state index contributed by atoms with van der Waals surface area (Å²) in [5.74, 6) is -2.70. The highest BCUT2D eigenvalue weighted by molar-refractivity contribution is 14.1. The van der Waals surface area contributed by atoms with Gasteiger partial charge >= 0.3 is 0 Å². The third-order valence-electron chi connectivity index (χ3n) is 4.07. The van der Waals surface area contributed by atoms with Gasteiger partial charge in [-0.05, 0) is 53.6 Å². The average molecular weight is 583 g/mol. The standard InChI is InChI=1S/C19H20F2IN3O6S/c1-24-19(27,10-31-32(2,28)29)5-6-30-16-8-11(20)7-15(17(16)18(23)26)25-14-4-3-12(22)9-13(14)21/h3-4,7-9,25,27H,1,5-6,10H2,2H3,(H2,23,26)/t19-/m1/s1.